The fourth-order valence-electron chi connectivity index (χ4n) is 2.81. The number of aryl methyl sites for hydroxylation is 1. The highest BCUT2D eigenvalue weighted by atomic mass is 32.1. The second kappa shape index (κ2) is 6.68. The van der Waals surface area contributed by atoms with Crippen LogP contribution in [-0.2, 0) is 11.2 Å². The minimum absolute atomic E-state index is 0.0820. The van der Waals surface area contributed by atoms with E-state index in [1.165, 1.54) is 4.88 Å². The van der Waals surface area contributed by atoms with Crippen LogP contribution in [0.2, 0.25) is 0 Å². The molecule has 1 unspecified atom stereocenters. The SMILES string of the molecule is CCc1cc2c(N3CCCC(OCCO)C3)ncnc2s1. The molecule has 5 nitrogen and oxygen atoms in total. The van der Waals surface area contributed by atoms with E-state index < -0.39 is 0 Å². The quantitative estimate of drug-likeness (QED) is 0.918. The lowest BCUT2D eigenvalue weighted by atomic mass is 10.1. The Hall–Kier alpha value is -1.24. The molecule has 1 N–H and O–H groups in total. The Bertz CT molecular complexity index is 602. The molecule has 114 valence electrons. The van der Waals surface area contributed by atoms with Gasteiger partial charge in [-0.05, 0) is 25.3 Å². The van der Waals surface area contributed by atoms with Gasteiger partial charge in [0.05, 0.1) is 24.7 Å². The summed E-state index contributed by atoms with van der Waals surface area (Å²) < 4.78 is 5.69. The molecule has 0 aliphatic carbocycles. The number of aromatic nitrogens is 2. The Morgan fingerprint density at radius 1 is 1.48 bits per heavy atom. The first-order chi connectivity index (χ1) is 10.3. The average molecular weight is 307 g/mol. The van der Waals surface area contributed by atoms with Crippen LogP contribution >= 0.6 is 11.3 Å². The normalized spacial score (nSPS) is 19.3. The summed E-state index contributed by atoms with van der Waals surface area (Å²) in [6.07, 6.45) is 5.01. The maximum Gasteiger partial charge on any atom is 0.140 e. The van der Waals surface area contributed by atoms with Crippen LogP contribution in [0.3, 0.4) is 0 Å². The molecule has 2 aromatic rings. The van der Waals surface area contributed by atoms with Gasteiger partial charge in [0.25, 0.3) is 0 Å². The second-order valence-corrected chi connectivity index (χ2v) is 6.40. The summed E-state index contributed by atoms with van der Waals surface area (Å²) in [6.45, 7) is 4.50. The molecule has 0 spiro atoms. The molecule has 1 saturated heterocycles. The van der Waals surface area contributed by atoms with E-state index in [1.54, 1.807) is 17.7 Å². The maximum atomic E-state index is 8.89. The second-order valence-electron chi connectivity index (χ2n) is 5.29. The molecule has 1 atom stereocenters. The molecule has 0 bridgehead atoms. The first-order valence-corrected chi connectivity index (χ1v) is 8.34. The van der Waals surface area contributed by atoms with Crippen molar-refractivity contribution in [1.82, 2.24) is 9.97 Å². The van der Waals surface area contributed by atoms with Crippen LogP contribution < -0.4 is 4.90 Å². The summed E-state index contributed by atoms with van der Waals surface area (Å²) >= 11 is 1.75. The van der Waals surface area contributed by atoms with Crippen molar-refractivity contribution in [2.24, 2.45) is 0 Å². The van der Waals surface area contributed by atoms with Gasteiger partial charge in [-0.25, -0.2) is 9.97 Å². The van der Waals surface area contributed by atoms with Crippen LogP contribution in [0.15, 0.2) is 12.4 Å². The van der Waals surface area contributed by atoms with E-state index in [2.05, 4.69) is 27.9 Å². The fraction of sp³-hybridized carbons (Fsp3) is 0.600. The number of aliphatic hydroxyl groups excluding tert-OH is 1. The van der Waals surface area contributed by atoms with Crippen LogP contribution in [0.25, 0.3) is 10.2 Å². The van der Waals surface area contributed by atoms with Gasteiger partial charge < -0.3 is 14.7 Å². The van der Waals surface area contributed by atoms with Crippen LogP contribution in [0.5, 0.6) is 0 Å². The van der Waals surface area contributed by atoms with E-state index >= 15 is 0 Å². The summed E-state index contributed by atoms with van der Waals surface area (Å²) in [5.74, 6) is 1.02. The molecule has 0 aromatic carbocycles. The van der Waals surface area contributed by atoms with E-state index in [0.717, 1.165) is 48.4 Å². The highest BCUT2D eigenvalue weighted by Crippen LogP contribution is 2.32. The van der Waals surface area contributed by atoms with Crippen molar-refractivity contribution >= 4 is 27.4 Å². The average Bonchev–Trinajstić information content (AvgIpc) is 2.96. The molecule has 1 aliphatic heterocycles. The Balaban J connectivity index is 1.83. The van der Waals surface area contributed by atoms with Crippen molar-refractivity contribution in [3.63, 3.8) is 0 Å². The number of nitrogens with zero attached hydrogens (tertiary/aromatic N) is 3. The summed E-state index contributed by atoms with van der Waals surface area (Å²) in [6, 6.07) is 2.22. The van der Waals surface area contributed by atoms with Gasteiger partial charge in [0.1, 0.15) is 17.0 Å². The van der Waals surface area contributed by atoms with Crippen molar-refractivity contribution in [2.45, 2.75) is 32.3 Å². The van der Waals surface area contributed by atoms with Crippen LogP contribution in [0.4, 0.5) is 5.82 Å². The molecule has 21 heavy (non-hydrogen) atoms. The standard InChI is InChI=1S/C15H21N3O2S/c1-2-12-8-13-14(16-10-17-15(13)21-12)18-5-3-4-11(9-18)20-7-6-19/h8,10-11,19H,2-7,9H2,1H3. The zero-order valence-corrected chi connectivity index (χ0v) is 13.1. The van der Waals surface area contributed by atoms with Gasteiger partial charge in [-0.1, -0.05) is 6.92 Å². The number of aliphatic hydroxyl groups is 1. The summed E-state index contributed by atoms with van der Waals surface area (Å²) in [5.41, 5.74) is 0. The van der Waals surface area contributed by atoms with Gasteiger partial charge in [-0.2, -0.15) is 0 Å². The molecular weight excluding hydrogens is 286 g/mol. The molecule has 3 rings (SSSR count). The fourth-order valence-corrected chi connectivity index (χ4v) is 3.73. The maximum absolute atomic E-state index is 8.89. The Kier molecular flexibility index (Phi) is 4.67. The molecule has 2 aromatic heterocycles. The van der Waals surface area contributed by atoms with Crippen molar-refractivity contribution in [1.29, 1.82) is 0 Å². The number of hydrogen-bond acceptors (Lipinski definition) is 6. The molecule has 6 heteroatoms. The van der Waals surface area contributed by atoms with Gasteiger partial charge in [0.15, 0.2) is 0 Å². The summed E-state index contributed by atoms with van der Waals surface area (Å²) in [7, 11) is 0. The zero-order valence-electron chi connectivity index (χ0n) is 12.3. The van der Waals surface area contributed by atoms with Crippen LogP contribution in [0, 0.1) is 0 Å². The molecule has 0 saturated carbocycles. The van der Waals surface area contributed by atoms with E-state index in [-0.39, 0.29) is 12.7 Å². The Morgan fingerprint density at radius 3 is 3.19 bits per heavy atom. The first-order valence-electron chi connectivity index (χ1n) is 7.52. The third-order valence-electron chi connectivity index (χ3n) is 3.83. The number of ether oxygens (including phenoxy) is 1. The topological polar surface area (TPSA) is 58.5 Å². The number of rotatable bonds is 5. The highest BCUT2D eigenvalue weighted by Gasteiger charge is 2.23. The number of thiophene rings is 1. The zero-order chi connectivity index (χ0) is 14.7. The molecule has 0 amide bonds. The third-order valence-corrected chi connectivity index (χ3v) is 5.02. The monoisotopic (exact) mass is 307 g/mol. The molecule has 0 radical (unpaired) electrons. The van der Waals surface area contributed by atoms with Gasteiger partial charge in [0, 0.05) is 18.0 Å². The van der Waals surface area contributed by atoms with Crippen molar-refractivity contribution in [3.05, 3.63) is 17.3 Å². The van der Waals surface area contributed by atoms with Crippen LogP contribution in [0.1, 0.15) is 24.6 Å². The lowest BCUT2D eigenvalue weighted by Crippen LogP contribution is -2.40. The summed E-state index contributed by atoms with van der Waals surface area (Å²) in [5, 5.41) is 10.0. The third kappa shape index (κ3) is 3.17. The van der Waals surface area contributed by atoms with Gasteiger partial charge in [-0.15, -0.1) is 11.3 Å². The van der Waals surface area contributed by atoms with Crippen LogP contribution in [-0.4, -0.2) is 47.5 Å². The van der Waals surface area contributed by atoms with E-state index in [0.29, 0.717) is 6.61 Å². The predicted molar refractivity (Wildman–Crippen MR) is 85.1 cm³/mol. The van der Waals surface area contributed by atoms with Crippen molar-refractivity contribution in [3.8, 4) is 0 Å². The van der Waals surface area contributed by atoms with E-state index in [1.807, 2.05) is 0 Å². The first kappa shape index (κ1) is 14.7. The van der Waals surface area contributed by atoms with Crippen molar-refractivity contribution in [2.75, 3.05) is 31.2 Å². The minimum atomic E-state index is 0.0820. The smallest absolute Gasteiger partial charge is 0.140 e. The highest BCUT2D eigenvalue weighted by molar-refractivity contribution is 7.18. The number of piperidine rings is 1. The minimum Gasteiger partial charge on any atom is -0.394 e. The van der Waals surface area contributed by atoms with Gasteiger partial charge >= 0.3 is 0 Å². The molecule has 1 aliphatic rings. The Morgan fingerprint density at radius 2 is 2.38 bits per heavy atom. The van der Waals surface area contributed by atoms with E-state index in [4.69, 9.17) is 9.84 Å². The largest absolute Gasteiger partial charge is 0.394 e. The number of hydrogen-bond donors (Lipinski definition) is 1. The lowest BCUT2D eigenvalue weighted by Gasteiger charge is -2.33. The number of anilines is 1. The molecule has 3 heterocycles. The lowest BCUT2D eigenvalue weighted by molar-refractivity contribution is 0.0214. The molecular formula is C15H21N3O2S. The summed E-state index contributed by atoms with van der Waals surface area (Å²) in [4.78, 5) is 13.6. The van der Waals surface area contributed by atoms with Gasteiger partial charge in [-0.3, -0.25) is 0 Å². The predicted octanol–water partition coefficient (Wildman–Crippen LogP) is 2.23. The number of fused-ring (bicyclic) bond motifs is 1. The van der Waals surface area contributed by atoms with E-state index in [9.17, 15) is 0 Å². The Labute approximate surface area is 128 Å². The van der Waals surface area contributed by atoms with Crippen molar-refractivity contribution < 1.29 is 9.84 Å². The van der Waals surface area contributed by atoms with Gasteiger partial charge in [0.2, 0.25) is 0 Å². The molecule has 1 fully saturated rings.